The third kappa shape index (κ3) is 20.0. The Kier molecular flexibility index (Phi) is 21.4. The van der Waals surface area contributed by atoms with Crippen LogP contribution in [-0.2, 0) is 14.3 Å². The Balaban J connectivity index is 3.49. The fourth-order valence-electron chi connectivity index (χ4n) is 3.54. The Morgan fingerprint density at radius 1 is 0.800 bits per heavy atom. The molecule has 0 aromatic carbocycles. The molecule has 1 atom stereocenters. The van der Waals surface area contributed by atoms with Crippen LogP contribution in [0.2, 0.25) is 0 Å². The van der Waals surface area contributed by atoms with Gasteiger partial charge >= 0.3 is 5.97 Å². The highest BCUT2D eigenvalue weighted by molar-refractivity contribution is 5.84. The molecule has 1 amide bonds. The summed E-state index contributed by atoms with van der Waals surface area (Å²) in [5, 5.41) is 2.76. The SMILES string of the molecule is C=CCCCCCCCCC(=O)N[C@@H](C)C(=O)OCCCCCCCCCCCC. The summed E-state index contributed by atoms with van der Waals surface area (Å²) in [7, 11) is 0. The van der Waals surface area contributed by atoms with Gasteiger partial charge in [-0.3, -0.25) is 4.79 Å². The molecule has 1 N–H and O–H groups in total. The second kappa shape index (κ2) is 22.4. The molecule has 0 unspecified atom stereocenters. The van der Waals surface area contributed by atoms with Crippen LogP contribution in [0.5, 0.6) is 0 Å². The minimum absolute atomic E-state index is 0.0509. The zero-order chi connectivity index (χ0) is 22.3. The van der Waals surface area contributed by atoms with Gasteiger partial charge in [0, 0.05) is 6.42 Å². The molecule has 0 rings (SSSR count). The number of hydrogen-bond acceptors (Lipinski definition) is 3. The molecule has 0 aliphatic rings. The molecular formula is C26H49NO3. The van der Waals surface area contributed by atoms with Gasteiger partial charge in [-0.25, -0.2) is 4.79 Å². The lowest BCUT2D eigenvalue weighted by molar-refractivity contribution is -0.147. The van der Waals surface area contributed by atoms with Gasteiger partial charge in [-0.05, 0) is 32.6 Å². The Morgan fingerprint density at radius 3 is 1.87 bits per heavy atom. The number of nitrogens with one attached hydrogen (secondary N) is 1. The van der Waals surface area contributed by atoms with Crippen LogP contribution in [0, 0.1) is 0 Å². The van der Waals surface area contributed by atoms with E-state index in [1.54, 1.807) is 6.92 Å². The molecule has 4 heteroatoms. The summed E-state index contributed by atoms with van der Waals surface area (Å²) in [5.41, 5.74) is 0. The van der Waals surface area contributed by atoms with Gasteiger partial charge in [0.05, 0.1) is 6.61 Å². The van der Waals surface area contributed by atoms with E-state index in [-0.39, 0.29) is 11.9 Å². The van der Waals surface area contributed by atoms with Crippen molar-refractivity contribution in [3.63, 3.8) is 0 Å². The van der Waals surface area contributed by atoms with E-state index < -0.39 is 6.04 Å². The Labute approximate surface area is 186 Å². The van der Waals surface area contributed by atoms with Crippen LogP contribution in [0.25, 0.3) is 0 Å². The van der Waals surface area contributed by atoms with Crippen molar-refractivity contribution in [2.45, 2.75) is 135 Å². The normalized spacial score (nSPS) is 11.8. The molecule has 0 radical (unpaired) electrons. The molecule has 0 saturated heterocycles. The molecule has 0 aliphatic carbocycles. The lowest BCUT2D eigenvalue weighted by Crippen LogP contribution is -2.39. The van der Waals surface area contributed by atoms with Crippen molar-refractivity contribution in [1.82, 2.24) is 5.32 Å². The van der Waals surface area contributed by atoms with Gasteiger partial charge in [0.15, 0.2) is 0 Å². The molecule has 30 heavy (non-hydrogen) atoms. The zero-order valence-electron chi connectivity index (χ0n) is 20.0. The second-order valence-corrected chi connectivity index (χ2v) is 8.59. The number of ether oxygens (including phenoxy) is 1. The number of allylic oxidation sites excluding steroid dienone is 1. The molecule has 0 bridgehead atoms. The summed E-state index contributed by atoms with van der Waals surface area (Å²) in [5.74, 6) is -0.369. The number of carbonyl (C=O) groups is 2. The molecule has 4 nitrogen and oxygen atoms in total. The first-order valence-electron chi connectivity index (χ1n) is 12.7. The number of esters is 1. The van der Waals surface area contributed by atoms with Crippen molar-refractivity contribution < 1.29 is 14.3 Å². The number of carbonyl (C=O) groups excluding carboxylic acids is 2. The summed E-state index contributed by atoms with van der Waals surface area (Å²) in [6.45, 7) is 8.14. The topological polar surface area (TPSA) is 55.4 Å². The van der Waals surface area contributed by atoms with Gasteiger partial charge in [-0.1, -0.05) is 96.5 Å². The van der Waals surface area contributed by atoms with Crippen LogP contribution in [0.4, 0.5) is 0 Å². The number of hydrogen-bond donors (Lipinski definition) is 1. The summed E-state index contributed by atoms with van der Waals surface area (Å²) >= 11 is 0. The lowest BCUT2D eigenvalue weighted by Gasteiger charge is -2.13. The first-order valence-corrected chi connectivity index (χ1v) is 12.7. The van der Waals surface area contributed by atoms with E-state index in [1.807, 2.05) is 6.08 Å². The first kappa shape index (κ1) is 28.7. The van der Waals surface area contributed by atoms with Crippen molar-refractivity contribution >= 4 is 11.9 Å². The zero-order valence-corrected chi connectivity index (χ0v) is 20.0. The predicted octanol–water partition coefficient (Wildman–Crippen LogP) is 7.26. The second-order valence-electron chi connectivity index (χ2n) is 8.59. The summed E-state index contributed by atoms with van der Waals surface area (Å²) in [6.07, 6.45) is 22.9. The Morgan fingerprint density at radius 2 is 1.30 bits per heavy atom. The molecule has 0 aromatic heterocycles. The highest BCUT2D eigenvalue weighted by atomic mass is 16.5. The van der Waals surface area contributed by atoms with Crippen LogP contribution >= 0.6 is 0 Å². The van der Waals surface area contributed by atoms with Crippen molar-refractivity contribution in [3.8, 4) is 0 Å². The minimum Gasteiger partial charge on any atom is -0.464 e. The monoisotopic (exact) mass is 423 g/mol. The minimum atomic E-state index is -0.556. The van der Waals surface area contributed by atoms with Gasteiger partial charge in [0.2, 0.25) is 5.91 Å². The van der Waals surface area contributed by atoms with Gasteiger partial charge in [-0.15, -0.1) is 6.58 Å². The quantitative estimate of drug-likeness (QED) is 0.113. The molecule has 176 valence electrons. The summed E-state index contributed by atoms with van der Waals surface area (Å²) < 4.78 is 5.31. The van der Waals surface area contributed by atoms with Crippen LogP contribution in [0.3, 0.4) is 0 Å². The van der Waals surface area contributed by atoms with Gasteiger partial charge in [-0.2, -0.15) is 0 Å². The summed E-state index contributed by atoms with van der Waals surface area (Å²) in [4.78, 5) is 24.0. The molecule has 0 aromatic rings. The average molecular weight is 424 g/mol. The molecule has 0 aliphatic heterocycles. The largest absolute Gasteiger partial charge is 0.464 e. The standard InChI is InChI=1S/C26H49NO3/c1-4-6-8-10-12-14-15-17-19-21-23-30-26(29)24(3)27-25(28)22-20-18-16-13-11-9-7-5-2/h5,24H,2,4,6-23H2,1,3H3,(H,27,28)/t24-/m0/s1. The van der Waals surface area contributed by atoms with E-state index in [1.165, 1.54) is 77.0 Å². The molecule has 0 spiro atoms. The maximum absolute atomic E-state index is 12.0. The molecular weight excluding hydrogens is 374 g/mol. The van der Waals surface area contributed by atoms with Crippen molar-refractivity contribution in [3.05, 3.63) is 12.7 Å². The molecule has 0 saturated carbocycles. The maximum Gasteiger partial charge on any atom is 0.328 e. The van der Waals surface area contributed by atoms with Gasteiger partial charge < -0.3 is 10.1 Å². The third-order valence-corrected chi connectivity index (χ3v) is 5.54. The highest BCUT2D eigenvalue weighted by Crippen LogP contribution is 2.11. The fraction of sp³-hybridized carbons (Fsp3) is 0.846. The van der Waals surface area contributed by atoms with Gasteiger partial charge in [0.1, 0.15) is 6.04 Å². The summed E-state index contributed by atoms with van der Waals surface area (Å²) in [6, 6.07) is -0.556. The molecule has 0 heterocycles. The Hall–Kier alpha value is -1.32. The van der Waals surface area contributed by atoms with E-state index in [2.05, 4.69) is 18.8 Å². The van der Waals surface area contributed by atoms with Crippen LogP contribution in [0.15, 0.2) is 12.7 Å². The number of unbranched alkanes of at least 4 members (excludes halogenated alkanes) is 15. The predicted molar refractivity (Wildman–Crippen MR) is 128 cm³/mol. The van der Waals surface area contributed by atoms with Crippen LogP contribution in [0.1, 0.15) is 129 Å². The van der Waals surface area contributed by atoms with E-state index in [9.17, 15) is 9.59 Å². The number of amides is 1. The fourth-order valence-corrected chi connectivity index (χ4v) is 3.54. The van der Waals surface area contributed by atoms with Crippen LogP contribution < -0.4 is 5.32 Å². The number of rotatable bonds is 22. The van der Waals surface area contributed by atoms with E-state index in [0.717, 1.165) is 32.1 Å². The average Bonchev–Trinajstić information content (AvgIpc) is 2.73. The van der Waals surface area contributed by atoms with Gasteiger partial charge in [0.25, 0.3) is 0 Å². The highest BCUT2D eigenvalue weighted by Gasteiger charge is 2.16. The maximum atomic E-state index is 12.0. The van der Waals surface area contributed by atoms with E-state index in [4.69, 9.17) is 4.74 Å². The van der Waals surface area contributed by atoms with Crippen molar-refractivity contribution in [2.75, 3.05) is 6.61 Å². The molecule has 0 fully saturated rings. The Bertz CT molecular complexity index is 423. The van der Waals surface area contributed by atoms with Crippen molar-refractivity contribution in [2.24, 2.45) is 0 Å². The van der Waals surface area contributed by atoms with E-state index >= 15 is 0 Å². The van der Waals surface area contributed by atoms with Crippen molar-refractivity contribution in [1.29, 1.82) is 0 Å². The first-order chi connectivity index (χ1) is 14.6. The van der Waals surface area contributed by atoms with Crippen LogP contribution in [-0.4, -0.2) is 24.5 Å². The lowest BCUT2D eigenvalue weighted by atomic mass is 10.1. The third-order valence-electron chi connectivity index (χ3n) is 5.54. The van der Waals surface area contributed by atoms with E-state index in [0.29, 0.717) is 13.0 Å². The smallest absolute Gasteiger partial charge is 0.328 e.